The van der Waals surface area contributed by atoms with Gasteiger partial charge in [-0.05, 0) is 23.3 Å². The summed E-state index contributed by atoms with van der Waals surface area (Å²) >= 11 is 0. The molecule has 1 aliphatic heterocycles. The number of nitrogens with zero attached hydrogens (tertiary/aromatic N) is 1. The summed E-state index contributed by atoms with van der Waals surface area (Å²) in [4.78, 5) is 26.1. The Morgan fingerprint density at radius 2 is 2.00 bits per heavy atom. The Labute approximate surface area is 145 Å². The van der Waals surface area contributed by atoms with Crippen LogP contribution in [0.3, 0.4) is 0 Å². The molecule has 5 nitrogen and oxygen atoms in total. The highest BCUT2D eigenvalue weighted by atomic mass is 19.1. The van der Waals surface area contributed by atoms with Crippen molar-refractivity contribution in [2.75, 3.05) is 13.7 Å². The van der Waals surface area contributed by atoms with Gasteiger partial charge < -0.3 is 15.0 Å². The van der Waals surface area contributed by atoms with Crippen LogP contribution in [-0.2, 0) is 20.9 Å². The lowest BCUT2D eigenvalue weighted by Gasteiger charge is -2.38. The van der Waals surface area contributed by atoms with Crippen molar-refractivity contribution in [3.63, 3.8) is 0 Å². The van der Waals surface area contributed by atoms with Crippen molar-refractivity contribution in [2.45, 2.75) is 18.7 Å². The van der Waals surface area contributed by atoms with Crippen molar-refractivity contribution in [1.82, 2.24) is 10.2 Å². The Kier molecular flexibility index (Phi) is 5.09. The normalized spacial score (nSPS) is 20.4. The van der Waals surface area contributed by atoms with Crippen molar-refractivity contribution in [2.24, 2.45) is 0 Å². The molecule has 2 atom stereocenters. The molecule has 130 valence electrons. The molecule has 1 aliphatic rings. The molecule has 0 spiro atoms. The van der Waals surface area contributed by atoms with Gasteiger partial charge in [-0.15, -0.1) is 0 Å². The van der Waals surface area contributed by atoms with Gasteiger partial charge >= 0.3 is 0 Å². The van der Waals surface area contributed by atoms with Gasteiger partial charge in [0.2, 0.25) is 5.91 Å². The lowest BCUT2D eigenvalue weighted by Crippen LogP contribution is -2.52. The number of amides is 2. The highest BCUT2D eigenvalue weighted by Crippen LogP contribution is 2.29. The molecule has 0 bridgehead atoms. The Hall–Kier alpha value is -2.73. The van der Waals surface area contributed by atoms with Gasteiger partial charge in [-0.2, -0.15) is 0 Å². The first kappa shape index (κ1) is 17.1. The number of hydrogen-bond acceptors (Lipinski definition) is 3. The molecular weight excluding hydrogens is 323 g/mol. The summed E-state index contributed by atoms with van der Waals surface area (Å²) in [6.45, 7) is 0.0491. The lowest BCUT2D eigenvalue weighted by atomic mass is 9.97. The average Bonchev–Trinajstić information content (AvgIpc) is 2.62. The molecule has 2 aromatic carbocycles. The van der Waals surface area contributed by atoms with Crippen LogP contribution in [0.4, 0.5) is 4.39 Å². The molecule has 2 amide bonds. The summed E-state index contributed by atoms with van der Waals surface area (Å²) in [5.74, 6) is -0.867. The van der Waals surface area contributed by atoms with Gasteiger partial charge in [-0.1, -0.05) is 42.5 Å². The summed E-state index contributed by atoms with van der Waals surface area (Å²) in [5, 5.41) is 2.76. The molecule has 0 aliphatic carbocycles. The molecule has 2 aromatic rings. The van der Waals surface area contributed by atoms with Gasteiger partial charge in [-0.25, -0.2) is 4.39 Å². The minimum atomic E-state index is -0.821. The van der Waals surface area contributed by atoms with Crippen molar-refractivity contribution in [3.05, 3.63) is 71.5 Å². The van der Waals surface area contributed by atoms with Gasteiger partial charge in [0.25, 0.3) is 5.91 Å². The second-order valence-electron chi connectivity index (χ2n) is 5.94. The van der Waals surface area contributed by atoms with Crippen LogP contribution in [0.2, 0.25) is 0 Å². The summed E-state index contributed by atoms with van der Waals surface area (Å²) in [5.41, 5.74) is 1.48. The number of morpholine rings is 1. The third-order valence-electron chi connectivity index (χ3n) is 4.24. The first-order chi connectivity index (χ1) is 12.1. The van der Waals surface area contributed by atoms with E-state index in [1.807, 2.05) is 30.3 Å². The van der Waals surface area contributed by atoms with E-state index < -0.39 is 12.1 Å². The zero-order valence-corrected chi connectivity index (χ0v) is 13.8. The first-order valence-electron chi connectivity index (χ1n) is 8.00. The maximum absolute atomic E-state index is 13.2. The topological polar surface area (TPSA) is 58.6 Å². The molecule has 6 heteroatoms. The Morgan fingerprint density at radius 3 is 2.72 bits per heavy atom. The lowest BCUT2D eigenvalue weighted by molar-refractivity contribution is -0.162. The number of rotatable bonds is 4. The maximum atomic E-state index is 13.2. The van der Waals surface area contributed by atoms with Crippen LogP contribution in [0.1, 0.15) is 17.2 Å². The van der Waals surface area contributed by atoms with Crippen molar-refractivity contribution < 1.29 is 18.7 Å². The fourth-order valence-corrected chi connectivity index (χ4v) is 2.92. The van der Waals surface area contributed by atoms with E-state index >= 15 is 0 Å². The smallest absolute Gasteiger partial charge is 0.251 e. The van der Waals surface area contributed by atoms with Crippen molar-refractivity contribution >= 4 is 11.8 Å². The van der Waals surface area contributed by atoms with Crippen LogP contribution >= 0.6 is 0 Å². The van der Waals surface area contributed by atoms with Crippen LogP contribution in [0, 0.1) is 5.82 Å². The Bertz CT molecular complexity index is 766. The van der Waals surface area contributed by atoms with Gasteiger partial charge in [0, 0.05) is 13.6 Å². The number of nitrogens with one attached hydrogen (secondary N) is 1. The molecule has 3 rings (SSSR count). The predicted molar refractivity (Wildman–Crippen MR) is 89.9 cm³/mol. The SMILES string of the molecule is CN1C(=O)CO[C@@H](C(=O)NCc2cccc(F)c2)[C@H]1c1ccccc1. The summed E-state index contributed by atoms with van der Waals surface area (Å²) in [7, 11) is 1.66. The highest BCUT2D eigenvalue weighted by molar-refractivity contribution is 5.86. The fourth-order valence-electron chi connectivity index (χ4n) is 2.92. The number of ether oxygens (including phenoxy) is 1. The second kappa shape index (κ2) is 7.44. The molecule has 1 saturated heterocycles. The zero-order valence-electron chi connectivity index (χ0n) is 13.8. The monoisotopic (exact) mass is 342 g/mol. The van der Waals surface area contributed by atoms with E-state index in [1.165, 1.54) is 17.0 Å². The van der Waals surface area contributed by atoms with Crippen LogP contribution in [0.5, 0.6) is 0 Å². The predicted octanol–water partition coefficient (Wildman–Crippen LogP) is 2.04. The van der Waals surface area contributed by atoms with E-state index in [4.69, 9.17) is 4.74 Å². The quantitative estimate of drug-likeness (QED) is 0.925. The molecule has 0 unspecified atom stereocenters. The number of halogens is 1. The van der Waals surface area contributed by atoms with Gasteiger partial charge in [-0.3, -0.25) is 9.59 Å². The van der Waals surface area contributed by atoms with Crippen LogP contribution in [-0.4, -0.2) is 36.5 Å². The fraction of sp³-hybridized carbons (Fsp3) is 0.263. The van der Waals surface area contributed by atoms with Gasteiger partial charge in [0.15, 0.2) is 6.10 Å². The number of carbonyl (C=O) groups is 2. The molecule has 1 N–H and O–H groups in total. The molecule has 0 radical (unpaired) electrons. The van der Waals surface area contributed by atoms with Crippen molar-refractivity contribution in [3.8, 4) is 0 Å². The van der Waals surface area contributed by atoms with Crippen molar-refractivity contribution in [1.29, 1.82) is 0 Å². The first-order valence-corrected chi connectivity index (χ1v) is 8.00. The minimum absolute atomic E-state index is 0.141. The molecule has 25 heavy (non-hydrogen) atoms. The minimum Gasteiger partial charge on any atom is -0.356 e. The summed E-state index contributed by atoms with van der Waals surface area (Å²) in [6, 6.07) is 14.8. The molecule has 0 aromatic heterocycles. The Balaban J connectivity index is 1.76. The van der Waals surface area contributed by atoms with Gasteiger partial charge in [0.05, 0.1) is 6.04 Å². The van der Waals surface area contributed by atoms with Crippen LogP contribution in [0.15, 0.2) is 54.6 Å². The summed E-state index contributed by atoms with van der Waals surface area (Å²) in [6.07, 6.45) is -0.821. The standard InChI is InChI=1S/C19H19FN2O3/c1-22-16(23)12-25-18(17(22)14-7-3-2-4-8-14)19(24)21-11-13-6-5-9-15(20)10-13/h2-10,17-18H,11-12H2,1H3,(H,21,24)/t17-,18-/m1/s1. The number of benzene rings is 2. The number of likely N-dealkylation sites (N-methyl/N-ethyl adjacent to an activating group) is 1. The van der Waals surface area contributed by atoms with Crippen LogP contribution < -0.4 is 5.32 Å². The highest BCUT2D eigenvalue weighted by Gasteiger charge is 2.39. The van der Waals surface area contributed by atoms with Gasteiger partial charge in [0.1, 0.15) is 12.4 Å². The van der Waals surface area contributed by atoms with E-state index in [9.17, 15) is 14.0 Å². The largest absolute Gasteiger partial charge is 0.356 e. The maximum Gasteiger partial charge on any atom is 0.251 e. The average molecular weight is 342 g/mol. The zero-order chi connectivity index (χ0) is 17.8. The van der Waals surface area contributed by atoms with E-state index in [0.717, 1.165) is 5.56 Å². The number of carbonyl (C=O) groups excluding carboxylic acids is 2. The second-order valence-corrected chi connectivity index (χ2v) is 5.94. The van der Waals surface area contributed by atoms with Crippen LogP contribution in [0.25, 0.3) is 0 Å². The summed E-state index contributed by atoms with van der Waals surface area (Å²) < 4.78 is 18.8. The molecule has 1 heterocycles. The van der Waals surface area contributed by atoms with E-state index in [0.29, 0.717) is 5.56 Å². The number of hydrogen-bond donors (Lipinski definition) is 1. The van der Waals surface area contributed by atoms with E-state index in [1.54, 1.807) is 19.2 Å². The molecule has 1 fully saturated rings. The van der Waals surface area contributed by atoms with E-state index in [-0.39, 0.29) is 30.8 Å². The van der Waals surface area contributed by atoms with E-state index in [2.05, 4.69) is 5.32 Å². The Morgan fingerprint density at radius 1 is 1.24 bits per heavy atom. The third kappa shape index (κ3) is 3.85. The molecule has 0 saturated carbocycles. The third-order valence-corrected chi connectivity index (χ3v) is 4.24. The molecular formula is C19H19FN2O3.